The van der Waals surface area contributed by atoms with Crippen LogP contribution in [0, 0.1) is 0 Å². The monoisotopic (exact) mass is 262 g/mol. The van der Waals surface area contributed by atoms with Crippen LogP contribution >= 0.6 is 0 Å². The predicted molar refractivity (Wildman–Crippen MR) is 65.3 cm³/mol. The van der Waals surface area contributed by atoms with Crippen LogP contribution in [0.3, 0.4) is 0 Å². The lowest BCUT2D eigenvalue weighted by Crippen LogP contribution is -2.04. The predicted octanol–water partition coefficient (Wildman–Crippen LogP) is 2.22. The number of carboxylic acid groups (broad SMARTS) is 1. The molecule has 0 aromatic heterocycles. The van der Waals surface area contributed by atoms with Crippen LogP contribution in [0.25, 0.3) is 0 Å². The lowest BCUT2D eigenvalue weighted by molar-refractivity contribution is 0.0696. The first kappa shape index (κ1) is 12.3. The third kappa shape index (κ3) is 2.26. The van der Waals surface area contributed by atoms with E-state index in [-0.39, 0.29) is 15.4 Å². The SMILES string of the molecule is O=C(O)c1cccc(S(=O)(=O)c2ccccc2)c1. The molecule has 92 valence electrons. The maximum Gasteiger partial charge on any atom is 0.335 e. The van der Waals surface area contributed by atoms with Gasteiger partial charge in [-0.25, -0.2) is 13.2 Å². The molecular formula is C13H10O4S. The molecule has 1 N–H and O–H groups in total. The zero-order valence-corrected chi connectivity index (χ0v) is 10.1. The summed E-state index contributed by atoms with van der Waals surface area (Å²) in [5, 5.41) is 8.85. The first-order chi connectivity index (χ1) is 8.51. The molecule has 18 heavy (non-hydrogen) atoms. The molecule has 0 heterocycles. The minimum Gasteiger partial charge on any atom is -0.478 e. The summed E-state index contributed by atoms with van der Waals surface area (Å²) in [6.07, 6.45) is 0. The normalized spacial score (nSPS) is 11.1. The molecule has 0 radical (unpaired) electrons. The highest BCUT2D eigenvalue weighted by atomic mass is 32.2. The molecule has 0 saturated carbocycles. The van der Waals surface area contributed by atoms with Crippen LogP contribution in [0.1, 0.15) is 10.4 Å². The molecule has 0 bridgehead atoms. The fourth-order valence-electron chi connectivity index (χ4n) is 1.53. The highest BCUT2D eigenvalue weighted by Crippen LogP contribution is 2.21. The molecule has 0 saturated heterocycles. The number of rotatable bonds is 3. The maximum absolute atomic E-state index is 12.2. The summed E-state index contributed by atoms with van der Waals surface area (Å²) in [5.41, 5.74) is -0.0491. The second-order valence-corrected chi connectivity index (χ2v) is 5.60. The van der Waals surface area contributed by atoms with Gasteiger partial charge in [0, 0.05) is 0 Å². The van der Waals surface area contributed by atoms with Crippen molar-refractivity contribution < 1.29 is 18.3 Å². The van der Waals surface area contributed by atoms with Crippen molar-refractivity contribution >= 4 is 15.8 Å². The molecule has 2 rings (SSSR count). The van der Waals surface area contributed by atoms with E-state index < -0.39 is 15.8 Å². The molecule has 0 aliphatic carbocycles. The number of carboxylic acids is 1. The van der Waals surface area contributed by atoms with E-state index in [9.17, 15) is 13.2 Å². The quantitative estimate of drug-likeness (QED) is 0.920. The van der Waals surface area contributed by atoms with Crippen molar-refractivity contribution in [3.05, 3.63) is 60.2 Å². The summed E-state index contributed by atoms with van der Waals surface area (Å²) in [4.78, 5) is 10.9. The van der Waals surface area contributed by atoms with Gasteiger partial charge >= 0.3 is 5.97 Å². The Morgan fingerprint density at radius 2 is 1.50 bits per heavy atom. The number of aromatic carboxylic acids is 1. The Labute approximate surface area is 104 Å². The Bertz CT molecular complexity index is 675. The largest absolute Gasteiger partial charge is 0.478 e. The van der Waals surface area contributed by atoms with Gasteiger partial charge in [-0.05, 0) is 30.3 Å². The van der Waals surface area contributed by atoms with Crippen LogP contribution in [0.5, 0.6) is 0 Å². The van der Waals surface area contributed by atoms with Gasteiger partial charge in [-0.15, -0.1) is 0 Å². The third-order valence-electron chi connectivity index (χ3n) is 2.44. The summed E-state index contributed by atoms with van der Waals surface area (Å²) >= 11 is 0. The van der Waals surface area contributed by atoms with Crippen molar-refractivity contribution in [1.82, 2.24) is 0 Å². The molecular weight excluding hydrogens is 252 g/mol. The average Bonchev–Trinajstić information content (AvgIpc) is 2.40. The summed E-state index contributed by atoms with van der Waals surface area (Å²) < 4.78 is 24.4. The van der Waals surface area contributed by atoms with Gasteiger partial charge in [-0.2, -0.15) is 0 Å². The van der Waals surface area contributed by atoms with E-state index in [1.54, 1.807) is 18.2 Å². The smallest absolute Gasteiger partial charge is 0.335 e. The number of benzene rings is 2. The lowest BCUT2D eigenvalue weighted by Gasteiger charge is -2.05. The summed E-state index contributed by atoms with van der Waals surface area (Å²) in [7, 11) is -3.66. The molecule has 0 spiro atoms. The molecule has 0 fully saturated rings. The Balaban J connectivity index is 2.55. The van der Waals surface area contributed by atoms with Gasteiger partial charge in [0.25, 0.3) is 0 Å². The fraction of sp³-hybridized carbons (Fsp3) is 0. The van der Waals surface area contributed by atoms with Crippen LogP contribution in [0.2, 0.25) is 0 Å². The lowest BCUT2D eigenvalue weighted by atomic mass is 10.2. The van der Waals surface area contributed by atoms with E-state index in [4.69, 9.17) is 5.11 Å². The van der Waals surface area contributed by atoms with Gasteiger partial charge in [0.05, 0.1) is 15.4 Å². The average molecular weight is 262 g/mol. The summed E-state index contributed by atoms with van der Waals surface area (Å²) in [6, 6.07) is 13.2. The molecule has 4 nitrogen and oxygen atoms in total. The molecule has 0 unspecified atom stereocenters. The first-order valence-electron chi connectivity index (χ1n) is 5.15. The van der Waals surface area contributed by atoms with E-state index in [0.717, 1.165) is 6.07 Å². The van der Waals surface area contributed by atoms with Gasteiger partial charge in [0.1, 0.15) is 0 Å². The van der Waals surface area contributed by atoms with Gasteiger partial charge < -0.3 is 5.11 Å². The number of hydrogen-bond donors (Lipinski definition) is 1. The van der Waals surface area contributed by atoms with Gasteiger partial charge in [0.2, 0.25) is 9.84 Å². The Kier molecular flexibility index (Phi) is 3.16. The second kappa shape index (κ2) is 4.62. The number of sulfone groups is 1. The van der Waals surface area contributed by atoms with Crippen molar-refractivity contribution in [2.24, 2.45) is 0 Å². The zero-order valence-electron chi connectivity index (χ0n) is 9.28. The maximum atomic E-state index is 12.2. The van der Waals surface area contributed by atoms with Crippen molar-refractivity contribution in [1.29, 1.82) is 0 Å². The van der Waals surface area contributed by atoms with Gasteiger partial charge in [-0.1, -0.05) is 24.3 Å². The molecule has 2 aromatic carbocycles. The molecule has 2 aromatic rings. The highest BCUT2D eigenvalue weighted by molar-refractivity contribution is 7.91. The van der Waals surface area contributed by atoms with E-state index >= 15 is 0 Å². The molecule has 0 atom stereocenters. The minimum absolute atomic E-state index is 0.0198. The van der Waals surface area contributed by atoms with Crippen LogP contribution in [-0.2, 0) is 9.84 Å². The Morgan fingerprint density at radius 3 is 2.11 bits per heavy atom. The molecule has 0 aliphatic heterocycles. The van der Waals surface area contributed by atoms with E-state index in [1.807, 2.05) is 0 Å². The van der Waals surface area contributed by atoms with E-state index in [2.05, 4.69) is 0 Å². The van der Waals surface area contributed by atoms with Crippen LogP contribution in [-0.4, -0.2) is 19.5 Å². The number of hydrogen-bond acceptors (Lipinski definition) is 3. The fourth-order valence-corrected chi connectivity index (χ4v) is 2.86. The van der Waals surface area contributed by atoms with Crippen molar-refractivity contribution in [2.75, 3.05) is 0 Å². The molecule has 0 amide bonds. The second-order valence-electron chi connectivity index (χ2n) is 3.65. The van der Waals surface area contributed by atoms with Crippen LogP contribution in [0.15, 0.2) is 64.4 Å². The topological polar surface area (TPSA) is 71.4 Å². The van der Waals surface area contributed by atoms with Gasteiger partial charge in [-0.3, -0.25) is 0 Å². The van der Waals surface area contributed by atoms with E-state index in [1.165, 1.54) is 30.3 Å². The number of carbonyl (C=O) groups is 1. The Morgan fingerprint density at radius 1 is 0.889 bits per heavy atom. The van der Waals surface area contributed by atoms with Gasteiger partial charge in [0.15, 0.2) is 0 Å². The third-order valence-corrected chi connectivity index (χ3v) is 4.21. The summed E-state index contributed by atoms with van der Waals surface area (Å²) in [5.74, 6) is -1.15. The zero-order chi connectivity index (χ0) is 13.2. The standard InChI is InChI=1S/C13H10O4S/c14-13(15)10-5-4-8-12(9-10)18(16,17)11-6-2-1-3-7-11/h1-9H,(H,14,15). The minimum atomic E-state index is -3.66. The molecule has 5 heteroatoms. The van der Waals surface area contributed by atoms with Crippen LogP contribution < -0.4 is 0 Å². The van der Waals surface area contributed by atoms with Crippen molar-refractivity contribution in [3.63, 3.8) is 0 Å². The Hall–Kier alpha value is -2.14. The molecule has 0 aliphatic rings. The van der Waals surface area contributed by atoms with E-state index in [0.29, 0.717) is 0 Å². The first-order valence-corrected chi connectivity index (χ1v) is 6.63. The van der Waals surface area contributed by atoms with Crippen molar-refractivity contribution in [3.8, 4) is 0 Å². The van der Waals surface area contributed by atoms with Crippen molar-refractivity contribution in [2.45, 2.75) is 9.79 Å². The highest BCUT2D eigenvalue weighted by Gasteiger charge is 2.18. The summed E-state index contributed by atoms with van der Waals surface area (Å²) in [6.45, 7) is 0. The van der Waals surface area contributed by atoms with Crippen LogP contribution in [0.4, 0.5) is 0 Å².